The normalized spacial score (nSPS) is 18.3. The Bertz CT molecular complexity index is 976. The third-order valence-electron chi connectivity index (χ3n) is 6.36. The fraction of sp³-hybridized carbons (Fsp3) is 0.407. The topological polar surface area (TPSA) is 52.6 Å². The van der Waals surface area contributed by atoms with Crippen LogP contribution in [0.15, 0.2) is 54.6 Å². The molecule has 1 aliphatic heterocycles. The van der Waals surface area contributed by atoms with Crippen LogP contribution in [-0.4, -0.2) is 19.0 Å². The number of rotatable bonds is 9. The second kappa shape index (κ2) is 9.51. The molecule has 31 heavy (non-hydrogen) atoms. The number of methoxy groups -OCH3 is 1. The third-order valence-corrected chi connectivity index (χ3v) is 6.36. The van der Waals surface area contributed by atoms with Crippen LogP contribution >= 0.6 is 0 Å². The van der Waals surface area contributed by atoms with Crippen molar-refractivity contribution < 1.29 is 19.1 Å². The Morgan fingerprint density at radius 1 is 1.19 bits per heavy atom. The lowest BCUT2D eigenvalue weighted by Gasteiger charge is -2.28. The minimum atomic E-state index is -1.12. The van der Waals surface area contributed by atoms with Gasteiger partial charge >= 0.3 is 11.9 Å². The zero-order chi connectivity index (χ0) is 22.6. The van der Waals surface area contributed by atoms with E-state index in [0.29, 0.717) is 5.75 Å². The van der Waals surface area contributed by atoms with Crippen LogP contribution in [0.5, 0.6) is 5.75 Å². The molecule has 4 nitrogen and oxygen atoms in total. The van der Waals surface area contributed by atoms with E-state index in [0.717, 1.165) is 42.4 Å². The molecule has 0 radical (unpaired) electrons. The van der Waals surface area contributed by atoms with Gasteiger partial charge in [-0.15, -0.1) is 0 Å². The van der Waals surface area contributed by atoms with Gasteiger partial charge in [0.15, 0.2) is 0 Å². The molecule has 0 bridgehead atoms. The summed E-state index contributed by atoms with van der Waals surface area (Å²) >= 11 is 0. The molecule has 0 aromatic heterocycles. The number of carbonyl (C=O) groups excluding carboxylic acids is 2. The zero-order valence-electron chi connectivity index (χ0n) is 19.0. The van der Waals surface area contributed by atoms with Gasteiger partial charge in [0.2, 0.25) is 0 Å². The van der Waals surface area contributed by atoms with Gasteiger partial charge in [0.25, 0.3) is 0 Å². The second-order valence-corrected chi connectivity index (χ2v) is 8.41. The van der Waals surface area contributed by atoms with E-state index in [9.17, 15) is 9.59 Å². The van der Waals surface area contributed by atoms with Crippen LogP contribution in [0.2, 0.25) is 0 Å². The molecule has 0 aliphatic carbocycles. The Kier molecular flexibility index (Phi) is 6.99. The van der Waals surface area contributed by atoms with Crippen LogP contribution in [0.1, 0.15) is 74.6 Å². The number of hydrogen-bond acceptors (Lipinski definition) is 4. The Balaban J connectivity index is 2.27. The molecule has 2 atom stereocenters. The fourth-order valence-electron chi connectivity index (χ4n) is 4.35. The van der Waals surface area contributed by atoms with E-state index in [-0.39, 0.29) is 23.9 Å². The summed E-state index contributed by atoms with van der Waals surface area (Å²) in [5.74, 6) is 0.0106. The van der Waals surface area contributed by atoms with Crippen molar-refractivity contribution in [1.82, 2.24) is 0 Å². The van der Waals surface area contributed by atoms with Gasteiger partial charge in [-0.25, -0.2) is 4.79 Å². The molecule has 0 N–H and O–H groups in total. The van der Waals surface area contributed by atoms with Crippen molar-refractivity contribution in [3.8, 4) is 5.75 Å². The second-order valence-electron chi connectivity index (χ2n) is 8.41. The smallest absolute Gasteiger partial charge is 0.333 e. The number of aryl methyl sites for hydroxylation is 1. The number of ether oxygens (including phenoxy) is 2. The largest absolute Gasteiger partial charge is 0.466 e. The number of hydrogen-bond donors (Lipinski definition) is 0. The van der Waals surface area contributed by atoms with Crippen molar-refractivity contribution in [3.05, 3.63) is 76.9 Å². The van der Waals surface area contributed by atoms with Crippen molar-refractivity contribution in [2.75, 3.05) is 7.11 Å². The first-order valence-corrected chi connectivity index (χ1v) is 11.1. The van der Waals surface area contributed by atoms with E-state index in [1.807, 2.05) is 30.3 Å². The summed E-state index contributed by atoms with van der Waals surface area (Å²) in [6.45, 7) is 10.4. The highest BCUT2D eigenvalue weighted by Crippen LogP contribution is 2.51. The Hall–Kier alpha value is -2.88. The zero-order valence-corrected chi connectivity index (χ0v) is 19.0. The predicted octanol–water partition coefficient (Wildman–Crippen LogP) is 5.87. The minimum Gasteiger partial charge on any atom is -0.466 e. The summed E-state index contributed by atoms with van der Waals surface area (Å²) in [4.78, 5) is 25.8. The minimum absolute atomic E-state index is 0.118. The maximum atomic E-state index is 13.6. The fourth-order valence-corrected chi connectivity index (χ4v) is 4.35. The maximum absolute atomic E-state index is 13.6. The van der Waals surface area contributed by atoms with E-state index in [1.54, 1.807) is 0 Å². The summed E-state index contributed by atoms with van der Waals surface area (Å²) in [6.07, 6.45) is 4.15. The molecule has 0 fully saturated rings. The van der Waals surface area contributed by atoms with Gasteiger partial charge in [-0.3, -0.25) is 4.79 Å². The number of carbonyl (C=O) groups is 2. The number of benzene rings is 2. The first-order valence-electron chi connectivity index (χ1n) is 11.1. The van der Waals surface area contributed by atoms with Gasteiger partial charge in [0, 0.05) is 17.6 Å². The quantitative estimate of drug-likeness (QED) is 0.289. The molecular weight excluding hydrogens is 388 g/mol. The lowest BCUT2D eigenvalue weighted by Crippen LogP contribution is -2.36. The number of unbranched alkanes of at least 4 members (excludes halogenated alkanes) is 1. The van der Waals surface area contributed by atoms with Gasteiger partial charge in [0.1, 0.15) is 11.2 Å². The molecule has 0 saturated carbocycles. The van der Waals surface area contributed by atoms with Crippen LogP contribution in [0.4, 0.5) is 0 Å². The predicted molar refractivity (Wildman–Crippen MR) is 122 cm³/mol. The van der Waals surface area contributed by atoms with E-state index in [1.165, 1.54) is 12.7 Å². The monoisotopic (exact) mass is 420 g/mol. The average molecular weight is 421 g/mol. The van der Waals surface area contributed by atoms with Gasteiger partial charge in [-0.2, -0.15) is 0 Å². The first-order chi connectivity index (χ1) is 14.9. The van der Waals surface area contributed by atoms with E-state index in [4.69, 9.17) is 9.47 Å². The molecule has 2 aromatic rings. The SMILES string of the molecule is C=C(CC1(c2ccccc2)C(=O)Oc2c(C(C)CC)cc(CCCC)cc21)C(=O)OC. The average Bonchev–Trinajstić information content (AvgIpc) is 3.08. The lowest BCUT2D eigenvalue weighted by molar-refractivity contribution is -0.138. The van der Waals surface area contributed by atoms with Crippen LogP contribution in [-0.2, 0) is 26.2 Å². The summed E-state index contributed by atoms with van der Waals surface area (Å²) in [5.41, 5.74) is 3.01. The Morgan fingerprint density at radius 2 is 1.90 bits per heavy atom. The van der Waals surface area contributed by atoms with Crippen molar-refractivity contribution in [2.45, 2.75) is 64.2 Å². The standard InChI is InChI=1S/C27H32O4/c1-6-8-12-20-15-22(18(3)7-2)24-23(16-20)27(26(29)31-24,17-19(4)25(28)30-5)21-13-10-9-11-14-21/h9-11,13-16,18H,4,6-8,12,17H2,1-3,5H3. The highest BCUT2D eigenvalue weighted by molar-refractivity contribution is 5.98. The van der Waals surface area contributed by atoms with Crippen molar-refractivity contribution in [3.63, 3.8) is 0 Å². The van der Waals surface area contributed by atoms with E-state index >= 15 is 0 Å². The Labute approximate surface area is 185 Å². The summed E-state index contributed by atoms with van der Waals surface area (Å²) in [6, 6.07) is 13.8. The number of fused-ring (bicyclic) bond motifs is 1. The highest BCUT2D eigenvalue weighted by Gasteiger charge is 2.52. The van der Waals surface area contributed by atoms with Crippen molar-refractivity contribution in [2.24, 2.45) is 0 Å². The molecular formula is C27H32O4. The molecule has 0 spiro atoms. The summed E-state index contributed by atoms with van der Waals surface area (Å²) in [5, 5.41) is 0. The molecule has 3 rings (SSSR count). The highest BCUT2D eigenvalue weighted by atomic mass is 16.5. The Morgan fingerprint density at radius 3 is 2.52 bits per heavy atom. The lowest BCUT2D eigenvalue weighted by atomic mass is 9.70. The van der Waals surface area contributed by atoms with Crippen molar-refractivity contribution >= 4 is 11.9 Å². The van der Waals surface area contributed by atoms with Crippen LogP contribution in [0, 0.1) is 0 Å². The summed E-state index contributed by atoms with van der Waals surface area (Å²) < 4.78 is 10.9. The molecule has 1 aliphatic rings. The van der Waals surface area contributed by atoms with E-state index in [2.05, 4.69) is 39.5 Å². The molecule has 2 aromatic carbocycles. The molecule has 164 valence electrons. The van der Waals surface area contributed by atoms with Crippen LogP contribution < -0.4 is 4.74 Å². The van der Waals surface area contributed by atoms with Gasteiger partial charge in [-0.1, -0.05) is 76.2 Å². The maximum Gasteiger partial charge on any atom is 0.333 e. The van der Waals surface area contributed by atoms with E-state index < -0.39 is 11.4 Å². The van der Waals surface area contributed by atoms with Crippen LogP contribution in [0.25, 0.3) is 0 Å². The molecule has 0 amide bonds. The molecule has 1 heterocycles. The first kappa shape index (κ1) is 22.8. The van der Waals surface area contributed by atoms with Gasteiger partial charge in [0.05, 0.1) is 7.11 Å². The van der Waals surface area contributed by atoms with Crippen molar-refractivity contribution in [1.29, 1.82) is 0 Å². The molecule has 2 unspecified atom stereocenters. The summed E-state index contributed by atoms with van der Waals surface area (Å²) in [7, 11) is 1.33. The van der Waals surface area contributed by atoms with Crippen LogP contribution in [0.3, 0.4) is 0 Å². The van der Waals surface area contributed by atoms with Gasteiger partial charge < -0.3 is 9.47 Å². The molecule has 0 saturated heterocycles. The third kappa shape index (κ3) is 4.16. The molecule has 4 heteroatoms. The number of esters is 2. The van der Waals surface area contributed by atoms with Gasteiger partial charge in [-0.05, 0) is 41.9 Å².